The molecule has 1 N–H and O–H groups in total. The van der Waals surface area contributed by atoms with E-state index in [-0.39, 0.29) is 11.7 Å². The van der Waals surface area contributed by atoms with Crippen LogP contribution < -0.4 is 5.32 Å². The van der Waals surface area contributed by atoms with Gasteiger partial charge in [-0.15, -0.1) is 0 Å². The third-order valence-corrected chi connectivity index (χ3v) is 4.83. The smallest absolute Gasteiger partial charge is 0.259 e. The van der Waals surface area contributed by atoms with E-state index in [2.05, 4.69) is 5.32 Å². The van der Waals surface area contributed by atoms with Crippen LogP contribution in [-0.4, -0.2) is 15.7 Å². The average Bonchev–Trinajstić information content (AvgIpc) is 3.08. The Labute approximate surface area is 168 Å². The van der Waals surface area contributed by atoms with Crippen molar-refractivity contribution in [1.29, 1.82) is 0 Å². The fourth-order valence-corrected chi connectivity index (χ4v) is 3.34. The van der Waals surface area contributed by atoms with Gasteiger partial charge in [0.1, 0.15) is 11.5 Å². The van der Waals surface area contributed by atoms with Gasteiger partial charge in [-0.3, -0.25) is 4.79 Å². The Morgan fingerprint density at radius 2 is 1.59 bits per heavy atom. The number of nitrogens with zero attached hydrogens (tertiary/aromatic N) is 2. The average molecular weight is 385 g/mol. The second-order valence-electron chi connectivity index (χ2n) is 6.84. The van der Waals surface area contributed by atoms with Gasteiger partial charge in [-0.25, -0.2) is 9.07 Å². The summed E-state index contributed by atoms with van der Waals surface area (Å²) in [6, 6.07) is 23.6. The molecule has 0 bridgehead atoms. The minimum absolute atomic E-state index is 0.279. The van der Waals surface area contributed by atoms with Crippen LogP contribution in [0.25, 0.3) is 16.9 Å². The van der Waals surface area contributed by atoms with Crippen molar-refractivity contribution < 1.29 is 9.18 Å². The molecule has 4 rings (SSSR count). The van der Waals surface area contributed by atoms with Gasteiger partial charge in [0.15, 0.2) is 0 Å². The third-order valence-electron chi connectivity index (χ3n) is 4.83. The van der Waals surface area contributed by atoms with Gasteiger partial charge in [0, 0.05) is 11.3 Å². The van der Waals surface area contributed by atoms with Crippen molar-refractivity contribution >= 4 is 11.6 Å². The number of halogens is 1. The van der Waals surface area contributed by atoms with Crippen LogP contribution in [0.2, 0.25) is 0 Å². The van der Waals surface area contributed by atoms with Crippen LogP contribution in [0.1, 0.15) is 21.6 Å². The van der Waals surface area contributed by atoms with Crippen molar-refractivity contribution in [3.05, 3.63) is 102 Å². The summed E-state index contributed by atoms with van der Waals surface area (Å²) in [5, 5.41) is 7.66. The van der Waals surface area contributed by atoms with Gasteiger partial charge in [-0.05, 0) is 49.7 Å². The Morgan fingerprint density at radius 3 is 2.24 bits per heavy atom. The number of aryl methyl sites for hydroxylation is 1. The number of carbonyl (C=O) groups excluding carboxylic acids is 1. The molecule has 0 aliphatic carbocycles. The topological polar surface area (TPSA) is 46.9 Å². The van der Waals surface area contributed by atoms with Gasteiger partial charge < -0.3 is 5.32 Å². The summed E-state index contributed by atoms with van der Waals surface area (Å²) in [6.07, 6.45) is 0. The van der Waals surface area contributed by atoms with Crippen LogP contribution in [-0.2, 0) is 0 Å². The van der Waals surface area contributed by atoms with Gasteiger partial charge in [0.2, 0.25) is 0 Å². The van der Waals surface area contributed by atoms with Crippen molar-refractivity contribution in [2.24, 2.45) is 0 Å². The number of nitrogens with one attached hydrogen (secondary N) is 1. The van der Waals surface area contributed by atoms with Crippen LogP contribution >= 0.6 is 0 Å². The van der Waals surface area contributed by atoms with E-state index in [0.717, 1.165) is 16.9 Å². The Bertz CT molecular complexity index is 1170. The molecule has 3 aromatic carbocycles. The van der Waals surface area contributed by atoms with Crippen molar-refractivity contribution in [2.75, 3.05) is 5.32 Å². The minimum atomic E-state index is -0.335. The molecule has 0 radical (unpaired) electrons. The fourth-order valence-electron chi connectivity index (χ4n) is 3.34. The Balaban J connectivity index is 1.82. The van der Waals surface area contributed by atoms with Crippen LogP contribution in [0, 0.1) is 19.7 Å². The van der Waals surface area contributed by atoms with Gasteiger partial charge in [0.05, 0.1) is 16.9 Å². The Morgan fingerprint density at radius 1 is 0.931 bits per heavy atom. The van der Waals surface area contributed by atoms with Gasteiger partial charge >= 0.3 is 0 Å². The van der Waals surface area contributed by atoms with Gasteiger partial charge in [0.25, 0.3) is 5.91 Å². The van der Waals surface area contributed by atoms with E-state index in [1.54, 1.807) is 17.7 Å². The van der Waals surface area contributed by atoms with Crippen LogP contribution in [0.3, 0.4) is 0 Å². The maximum atomic E-state index is 13.4. The summed E-state index contributed by atoms with van der Waals surface area (Å²) in [7, 11) is 0. The van der Waals surface area contributed by atoms with E-state index < -0.39 is 0 Å². The lowest BCUT2D eigenvalue weighted by Crippen LogP contribution is -2.15. The molecule has 1 amide bonds. The maximum Gasteiger partial charge on any atom is 0.259 e. The molecule has 144 valence electrons. The summed E-state index contributed by atoms with van der Waals surface area (Å²) in [6.45, 7) is 3.63. The Hall–Kier alpha value is -3.73. The number of aromatic nitrogens is 2. The molecule has 5 heteroatoms. The summed E-state index contributed by atoms with van der Waals surface area (Å²) in [5.74, 6) is -0.614. The molecule has 0 unspecified atom stereocenters. The number of benzene rings is 3. The number of anilines is 1. The Kier molecular flexibility index (Phi) is 4.96. The highest BCUT2D eigenvalue weighted by Gasteiger charge is 2.23. The van der Waals surface area contributed by atoms with Gasteiger partial charge in [-0.1, -0.05) is 48.5 Å². The largest absolute Gasteiger partial charge is 0.322 e. The number of hydrogen-bond donors (Lipinski definition) is 1. The normalized spacial score (nSPS) is 10.7. The minimum Gasteiger partial charge on any atom is -0.322 e. The summed E-state index contributed by atoms with van der Waals surface area (Å²) >= 11 is 0. The predicted octanol–water partition coefficient (Wildman–Crippen LogP) is 5.55. The first-order valence-corrected chi connectivity index (χ1v) is 9.32. The van der Waals surface area contributed by atoms with E-state index >= 15 is 0 Å². The molecular formula is C24H20FN3O. The maximum absolute atomic E-state index is 13.4. The highest BCUT2D eigenvalue weighted by molar-refractivity contribution is 6.09. The van der Waals surface area contributed by atoms with E-state index in [1.165, 1.54) is 12.1 Å². The SMILES string of the molecule is Cc1cc(F)ccc1NC(=O)c1c(-c2ccccc2)nn(-c2ccccc2)c1C. The molecule has 0 saturated heterocycles. The summed E-state index contributed by atoms with van der Waals surface area (Å²) < 4.78 is 15.2. The molecular weight excluding hydrogens is 365 g/mol. The summed E-state index contributed by atoms with van der Waals surface area (Å²) in [5.41, 5.74) is 4.78. The molecule has 0 fully saturated rings. The molecule has 4 nitrogen and oxygen atoms in total. The van der Waals surface area contributed by atoms with Crippen LogP contribution in [0.4, 0.5) is 10.1 Å². The molecule has 4 aromatic rings. The predicted molar refractivity (Wildman–Crippen MR) is 113 cm³/mol. The number of rotatable bonds is 4. The first-order chi connectivity index (χ1) is 14.0. The molecule has 1 aromatic heterocycles. The third kappa shape index (κ3) is 3.67. The molecule has 0 spiro atoms. The summed E-state index contributed by atoms with van der Waals surface area (Å²) in [4.78, 5) is 13.3. The van der Waals surface area contributed by atoms with Gasteiger partial charge in [-0.2, -0.15) is 5.10 Å². The lowest BCUT2D eigenvalue weighted by molar-refractivity contribution is 0.102. The van der Waals surface area contributed by atoms with Crippen molar-refractivity contribution in [1.82, 2.24) is 9.78 Å². The molecule has 0 atom stereocenters. The van der Waals surface area contributed by atoms with Crippen LogP contribution in [0.5, 0.6) is 0 Å². The molecule has 1 heterocycles. The quantitative estimate of drug-likeness (QED) is 0.501. The monoisotopic (exact) mass is 385 g/mol. The molecule has 29 heavy (non-hydrogen) atoms. The van der Waals surface area contributed by atoms with E-state index in [0.29, 0.717) is 22.5 Å². The second kappa shape index (κ2) is 7.72. The molecule has 0 saturated carbocycles. The van der Waals surface area contributed by atoms with Crippen molar-refractivity contribution in [3.8, 4) is 16.9 Å². The lowest BCUT2D eigenvalue weighted by Gasteiger charge is -2.10. The first kappa shape index (κ1) is 18.6. The zero-order valence-electron chi connectivity index (χ0n) is 16.2. The zero-order valence-corrected chi connectivity index (χ0v) is 16.2. The molecule has 0 aliphatic rings. The highest BCUT2D eigenvalue weighted by Crippen LogP contribution is 2.28. The van der Waals surface area contributed by atoms with Crippen molar-refractivity contribution in [2.45, 2.75) is 13.8 Å². The molecule has 0 aliphatic heterocycles. The number of amides is 1. The van der Waals surface area contributed by atoms with E-state index in [4.69, 9.17) is 5.10 Å². The highest BCUT2D eigenvalue weighted by atomic mass is 19.1. The van der Waals surface area contributed by atoms with Crippen molar-refractivity contribution in [3.63, 3.8) is 0 Å². The van der Waals surface area contributed by atoms with E-state index in [9.17, 15) is 9.18 Å². The second-order valence-corrected chi connectivity index (χ2v) is 6.84. The fraction of sp³-hybridized carbons (Fsp3) is 0.0833. The van der Waals surface area contributed by atoms with Crippen LogP contribution in [0.15, 0.2) is 78.9 Å². The number of carbonyl (C=O) groups is 1. The number of para-hydroxylation sites is 1. The lowest BCUT2D eigenvalue weighted by atomic mass is 10.0. The van der Waals surface area contributed by atoms with E-state index in [1.807, 2.05) is 67.6 Å². The standard InChI is InChI=1S/C24H20FN3O/c1-16-15-19(25)13-14-21(16)26-24(29)22-17(2)28(20-11-7-4-8-12-20)27-23(22)18-9-5-3-6-10-18/h3-15H,1-2H3,(H,26,29). The number of hydrogen-bond acceptors (Lipinski definition) is 2. The zero-order chi connectivity index (χ0) is 20.4. The first-order valence-electron chi connectivity index (χ1n) is 9.32.